The van der Waals surface area contributed by atoms with E-state index in [0.717, 1.165) is 31.0 Å². The third-order valence-corrected chi connectivity index (χ3v) is 3.32. The van der Waals surface area contributed by atoms with Crippen LogP contribution in [0.5, 0.6) is 0 Å². The molecule has 0 bridgehead atoms. The molecule has 0 fully saturated rings. The smallest absolute Gasteiger partial charge is 0.0808 e. The lowest BCUT2D eigenvalue weighted by Gasteiger charge is -2.29. The van der Waals surface area contributed by atoms with Gasteiger partial charge in [-0.2, -0.15) is 0 Å². The average Bonchev–Trinajstić information content (AvgIpc) is 2.21. The van der Waals surface area contributed by atoms with Crippen molar-refractivity contribution in [3.63, 3.8) is 0 Å². The molecule has 0 amide bonds. The molecule has 0 saturated carbocycles. The first-order valence-electron chi connectivity index (χ1n) is 5.96. The minimum atomic E-state index is 0.536. The highest BCUT2D eigenvalue weighted by Gasteiger charge is 2.13. The summed E-state index contributed by atoms with van der Waals surface area (Å²) in [6.45, 7) is 9.87. The minimum absolute atomic E-state index is 0.536. The van der Waals surface area contributed by atoms with Gasteiger partial charge >= 0.3 is 0 Å². The van der Waals surface area contributed by atoms with Crippen LogP contribution in [0.1, 0.15) is 33.6 Å². The first kappa shape index (κ1) is 14.8. The second-order valence-corrected chi connectivity index (χ2v) is 4.86. The molecule has 0 aromatic rings. The van der Waals surface area contributed by atoms with Gasteiger partial charge < -0.3 is 9.80 Å². The number of thiocarbonyl (C=S) groups is 1. The van der Waals surface area contributed by atoms with Crippen LogP contribution in [0.25, 0.3) is 0 Å². The Morgan fingerprint density at radius 1 is 1.13 bits per heavy atom. The third-order valence-electron chi connectivity index (χ3n) is 2.66. The highest BCUT2D eigenvalue weighted by atomic mass is 32.1. The van der Waals surface area contributed by atoms with Crippen LogP contribution in [0.15, 0.2) is 0 Å². The molecule has 0 radical (unpaired) electrons. The summed E-state index contributed by atoms with van der Waals surface area (Å²) in [6.07, 6.45) is 2.31. The van der Waals surface area contributed by atoms with E-state index >= 15 is 0 Å². The summed E-state index contributed by atoms with van der Waals surface area (Å²) in [5.41, 5.74) is 0. The standard InChI is InChI=1S/C12H26N2S/c1-6-8-14(10-9-13(4)5)12(15)11(3)7-2/h11H,6-10H2,1-5H3. The van der Waals surface area contributed by atoms with E-state index in [1.54, 1.807) is 0 Å². The molecule has 0 aromatic heterocycles. The fourth-order valence-electron chi connectivity index (χ4n) is 1.41. The molecule has 90 valence electrons. The van der Waals surface area contributed by atoms with Crippen LogP contribution in [-0.2, 0) is 0 Å². The van der Waals surface area contributed by atoms with Crippen molar-refractivity contribution in [3.05, 3.63) is 0 Å². The molecule has 1 unspecified atom stereocenters. The van der Waals surface area contributed by atoms with Crippen molar-refractivity contribution in [1.29, 1.82) is 0 Å². The minimum Gasteiger partial charge on any atom is -0.365 e. The fourth-order valence-corrected chi connectivity index (χ4v) is 1.76. The molecule has 1 atom stereocenters. The van der Waals surface area contributed by atoms with Gasteiger partial charge in [0.15, 0.2) is 0 Å². The van der Waals surface area contributed by atoms with Gasteiger partial charge in [-0.25, -0.2) is 0 Å². The van der Waals surface area contributed by atoms with Gasteiger partial charge in [0.25, 0.3) is 0 Å². The number of rotatable bonds is 7. The van der Waals surface area contributed by atoms with E-state index in [4.69, 9.17) is 12.2 Å². The molecule has 0 saturated heterocycles. The molecule has 2 nitrogen and oxygen atoms in total. The Morgan fingerprint density at radius 2 is 1.73 bits per heavy atom. The lowest BCUT2D eigenvalue weighted by atomic mass is 10.1. The van der Waals surface area contributed by atoms with E-state index in [-0.39, 0.29) is 0 Å². The zero-order valence-corrected chi connectivity index (χ0v) is 11.7. The molecule has 3 heteroatoms. The molecule has 0 aromatic carbocycles. The van der Waals surface area contributed by atoms with Crippen molar-refractivity contribution in [2.45, 2.75) is 33.6 Å². The topological polar surface area (TPSA) is 6.48 Å². The summed E-state index contributed by atoms with van der Waals surface area (Å²) in [5, 5.41) is 0. The molecular weight excluding hydrogens is 204 g/mol. The van der Waals surface area contributed by atoms with Crippen LogP contribution in [0, 0.1) is 5.92 Å². The third kappa shape index (κ3) is 6.10. The van der Waals surface area contributed by atoms with Gasteiger partial charge in [-0.05, 0) is 26.9 Å². The molecule has 0 N–H and O–H groups in total. The second kappa shape index (κ2) is 8.05. The number of hydrogen-bond acceptors (Lipinski definition) is 2. The van der Waals surface area contributed by atoms with E-state index in [9.17, 15) is 0 Å². The van der Waals surface area contributed by atoms with Gasteiger partial charge in [-0.1, -0.05) is 33.0 Å². The predicted molar refractivity (Wildman–Crippen MR) is 72.5 cm³/mol. The summed E-state index contributed by atoms with van der Waals surface area (Å²) >= 11 is 5.52. The highest BCUT2D eigenvalue weighted by Crippen LogP contribution is 2.09. The molecule has 15 heavy (non-hydrogen) atoms. The Hall–Kier alpha value is -0.150. The molecule has 0 rings (SSSR count). The summed E-state index contributed by atoms with van der Waals surface area (Å²) in [6, 6.07) is 0. The summed E-state index contributed by atoms with van der Waals surface area (Å²) < 4.78 is 0. The van der Waals surface area contributed by atoms with Crippen molar-refractivity contribution < 1.29 is 0 Å². The van der Waals surface area contributed by atoms with Crippen molar-refractivity contribution in [3.8, 4) is 0 Å². The largest absolute Gasteiger partial charge is 0.365 e. The first-order chi connectivity index (χ1) is 7.02. The molecule has 0 aliphatic heterocycles. The quantitative estimate of drug-likeness (QED) is 0.621. The van der Waals surface area contributed by atoms with Crippen LogP contribution in [0.4, 0.5) is 0 Å². The zero-order valence-electron chi connectivity index (χ0n) is 10.9. The number of likely N-dealkylation sites (N-methyl/N-ethyl adjacent to an activating group) is 1. The van der Waals surface area contributed by atoms with Crippen molar-refractivity contribution in [2.24, 2.45) is 5.92 Å². The molecular formula is C12H26N2S. The molecule has 0 aliphatic carbocycles. The lowest BCUT2D eigenvalue weighted by Crippen LogP contribution is -2.38. The Balaban J connectivity index is 4.18. The fraction of sp³-hybridized carbons (Fsp3) is 0.917. The van der Waals surface area contributed by atoms with Crippen molar-refractivity contribution in [2.75, 3.05) is 33.7 Å². The number of hydrogen-bond donors (Lipinski definition) is 0. The second-order valence-electron chi connectivity index (χ2n) is 4.44. The molecule has 0 spiro atoms. The van der Waals surface area contributed by atoms with Crippen LogP contribution in [-0.4, -0.2) is 48.5 Å². The lowest BCUT2D eigenvalue weighted by molar-refractivity contribution is 0.323. The Labute approximate surface area is 101 Å². The van der Waals surface area contributed by atoms with Crippen LogP contribution >= 0.6 is 12.2 Å². The van der Waals surface area contributed by atoms with Gasteiger partial charge in [-0.15, -0.1) is 0 Å². The summed E-state index contributed by atoms with van der Waals surface area (Å²) in [7, 11) is 4.22. The van der Waals surface area contributed by atoms with Crippen LogP contribution < -0.4 is 0 Å². The van der Waals surface area contributed by atoms with E-state index < -0.39 is 0 Å². The van der Waals surface area contributed by atoms with Gasteiger partial charge in [0.05, 0.1) is 4.99 Å². The van der Waals surface area contributed by atoms with Crippen LogP contribution in [0.2, 0.25) is 0 Å². The van der Waals surface area contributed by atoms with Gasteiger partial charge in [-0.3, -0.25) is 0 Å². The van der Waals surface area contributed by atoms with Crippen LogP contribution in [0.3, 0.4) is 0 Å². The average molecular weight is 230 g/mol. The van der Waals surface area contributed by atoms with Gasteiger partial charge in [0, 0.05) is 25.6 Å². The molecule has 0 aliphatic rings. The maximum atomic E-state index is 5.52. The van der Waals surface area contributed by atoms with Crippen molar-refractivity contribution in [1.82, 2.24) is 9.80 Å². The highest BCUT2D eigenvalue weighted by molar-refractivity contribution is 7.80. The Morgan fingerprint density at radius 3 is 2.13 bits per heavy atom. The van der Waals surface area contributed by atoms with E-state index in [0.29, 0.717) is 5.92 Å². The van der Waals surface area contributed by atoms with E-state index in [1.807, 2.05) is 0 Å². The maximum absolute atomic E-state index is 5.52. The monoisotopic (exact) mass is 230 g/mol. The number of nitrogens with zero attached hydrogens (tertiary/aromatic N) is 2. The first-order valence-corrected chi connectivity index (χ1v) is 6.37. The Bertz CT molecular complexity index is 180. The normalized spacial score (nSPS) is 12.9. The van der Waals surface area contributed by atoms with Crippen molar-refractivity contribution >= 4 is 17.2 Å². The predicted octanol–water partition coefficient (Wildman–Crippen LogP) is 2.63. The summed E-state index contributed by atoms with van der Waals surface area (Å²) in [4.78, 5) is 5.71. The summed E-state index contributed by atoms with van der Waals surface area (Å²) in [5.74, 6) is 0.536. The van der Waals surface area contributed by atoms with Gasteiger partial charge in [0.1, 0.15) is 0 Å². The van der Waals surface area contributed by atoms with Gasteiger partial charge in [0.2, 0.25) is 0 Å². The maximum Gasteiger partial charge on any atom is 0.0808 e. The Kier molecular flexibility index (Phi) is 7.97. The SMILES string of the molecule is CCCN(CCN(C)C)C(=S)C(C)CC. The molecule has 0 heterocycles. The van der Waals surface area contributed by atoms with E-state index in [2.05, 4.69) is 44.7 Å². The zero-order chi connectivity index (χ0) is 11.8. The van der Waals surface area contributed by atoms with E-state index in [1.165, 1.54) is 6.42 Å².